The summed E-state index contributed by atoms with van der Waals surface area (Å²) >= 11 is 1.32. The van der Waals surface area contributed by atoms with Crippen molar-refractivity contribution in [3.05, 3.63) is 131 Å². The van der Waals surface area contributed by atoms with Crippen LogP contribution in [0.1, 0.15) is 43.7 Å². The second-order valence-corrected chi connectivity index (χ2v) is 13.2. The number of carbonyl (C=O) groups excluding carboxylic acids is 1. The minimum Gasteiger partial charge on any atom is -0.497 e. The van der Waals surface area contributed by atoms with Crippen molar-refractivity contribution in [3.63, 3.8) is 0 Å². The lowest BCUT2D eigenvalue weighted by Gasteiger charge is -2.36. The maximum absolute atomic E-state index is 14.9. The van der Waals surface area contributed by atoms with E-state index in [-0.39, 0.29) is 16.9 Å². The molecule has 0 unspecified atom stereocenters. The number of fused-ring (bicyclic) bond motifs is 4. The first kappa shape index (κ1) is 29.1. The van der Waals surface area contributed by atoms with E-state index in [1.807, 2.05) is 97.9 Å². The first-order valence-corrected chi connectivity index (χ1v) is 16.4. The molecular weight excluding hydrogens is 579 g/mol. The van der Waals surface area contributed by atoms with Gasteiger partial charge in [-0.3, -0.25) is 19.1 Å². The highest BCUT2D eigenvalue weighted by Gasteiger charge is 2.45. The van der Waals surface area contributed by atoms with E-state index in [9.17, 15) is 9.59 Å². The molecule has 0 saturated heterocycles. The van der Waals surface area contributed by atoms with Crippen LogP contribution in [0.5, 0.6) is 5.75 Å². The lowest BCUT2D eigenvalue weighted by atomic mass is 9.68. The van der Waals surface area contributed by atoms with Gasteiger partial charge < -0.3 is 4.74 Å². The number of methoxy groups -OCH3 is 1. The number of thioether (sulfide) groups is 1. The Morgan fingerprint density at radius 1 is 0.867 bits per heavy atom. The van der Waals surface area contributed by atoms with Crippen LogP contribution in [0.4, 0.5) is 11.4 Å². The normalized spacial score (nSPS) is 15.2. The Balaban J connectivity index is 1.38. The summed E-state index contributed by atoms with van der Waals surface area (Å²) in [7, 11) is 1.63. The van der Waals surface area contributed by atoms with Crippen molar-refractivity contribution in [1.29, 1.82) is 0 Å². The fraction of sp³-hybridized carbons (Fsp3) is 0.237. The molecule has 1 amide bonds. The molecule has 5 aromatic rings. The van der Waals surface area contributed by atoms with Crippen LogP contribution >= 0.6 is 11.8 Å². The van der Waals surface area contributed by atoms with E-state index in [1.54, 1.807) is 16.6 Å². The Hall–Kier alpha value is -4.62. The largest absolute Gasteiger partial charge is 0.497 e. The summed E-state index contributed by atoms with van der Waals surface area (Å²) in [4.78, 5) is 36.3. The van der Waals surface area contributed by atoms with Gasteiger partial charge in [-0.05, 0) is 80.3 Å². The Kier molecular flexibility index (Phi) is 7.80. The molecule has 1 spiro atoms. The van der Waals surface area contributed by atoms with Crippen LogP contribution in [-0.2, 0) is 16.6 Å². The predicted octanol–water partition coefficient (Wildman–Crippen LogP) is 8.12. The summed E-state index contributed by atoms with van der Waals surface area (Å²) in [6.45, 7) is 1.89. The van der Waals surface area contributed by atoms with Crippen LogP contribution in [0.15, 0.2) is 119 Å². The monoisotopic (exact) mass is 613 g/mol. The van der Waals surface area contributed by atoms with Gasteiger partial charge >= 0.3 is 0 Å². The Morgan fingerprint density at radius 3 is 2.09 bits per heavy atom. The number of amides is 1. The zero-order valence-corrected chi connectivity index (χ0v) is 26.3. The molecule has 7 rings (SSSR count). The number of carbonyl (C=O) groups is 1. The standard InChI is InChI=1S/C38H35N3O3S/c1-26(35(42)40(28-14-5-3-6-15-28)29-16-7-4-8-17-29)45-37-39-34-32-18-10-9-13-27(32)25-38(23-11-12-24-38)33(34)36(43)41(37)30-19-21-31(44-2)22-20-30/h3-10,13-22,26H,11-12,23-25H2,1-2H3/t26-/m0/s1. The van der Waals surface area contributed by atoms with Gasteiger partial charge in [0.15, 0.2) is 5.16 Å². The Bertz CT molecular complexity index is 1860. The predicted molar refractivity (Wildman–Crippen MR) is 181 cm³/mol. The average Bonchev–Trinajstić information content (AvgIpc) is 3.54. The third-order valence-electron chi connectivity index (χ3n) is 9.15. The van der Waals surface area contributed by atoms with Crippen LogP contribution in [-0.4, -0.2) is 27.8 Å². The second-order valence-electron chi connectivity index (χ2n) is 11.9. The summed E-state index contributed by atoms with van der Waals surface area (Å²) in [5, 5.41) is -0.0603. The van der Waals surface area contributed by atoms with Crippen molar-refractivity contribution in [2.45, 2.75) is 54.8 Å². The SMILES string of the molecule is COc1ccc(-n2c(S[C@@H](C)C(=O)N(c3ccccc3)c3ccccc3)nc3c(c2=O)C2(CCCC2)Cc2ccccc2-3)cc1. The van der Waals surface area contributed by atoms with E-state index < -0.39 is 5.25 Å². The van der Waals surface area contributed by atoms with Crippen molar-refractivity contribution in [1.82, 2.24) is 9.55 Å². The van der Waals surface area contributed by atoms with E-state index in [0.29, 0.717) is 16.6 Å². The van der Waals surface area contributed by atoms with Gasteiger partial charge in [0.1, 0.15) is 5.75 Å². The average molecular weight is 614 g/mol. The summed E-state index contributed by atoms with van der Waals surface area (Å²) in [5.74, 6) is 0.608. The number of hydrogen-bond donors (Lipinski definition) is 0. The summed E-state index contributed by atoms with van der Waals surface area (Å²) in [6, 6.07) is 35.2. The summed E-state index contributed by atoms with van der Waals surface area (Å²) in [6.07, 6.45) is 4.98. The molecule has 0 bridgehead atoms. The quantitative estimate of drug-likeness (QED) is 0.137. The topological polar surface area (TPSA) is 64.4 Å². The highest BCUT2D eigenvalue weighted by Crippen LogP contribution is 2.50. The van der Waals surface area contributed by atoms with Crippen LogP contribution in [0.25, 0.3) is 16.9 Å². The highest BCUT2D eigenvalue weighted by molar-refractivity contribution is 8.00. The molecule has 1 saturated carbocycles. The number of nitrogens with zero attached hydrogens (tertiary/aromatic N) is 3. The Morgan fingerprint density at radius 2 is 1.47 bits per heavy atom. The molecule has 7 heteroatoms. The molecule has 1 aromatic heterocycles. The number of rotatable bonds is 7. The smallest absolute Gasteiger partial charge is 0.263 e. The van der Waals surface area contributed by atoms with Gasteiger partial charge in [0.2, 0.25) is 5.91 Å². The van der Waals surface area contributed by atoms with E-state index in [4.69, 9.17) is 9.72 Å². The molecule has 6 nitrogen and oxygen atoms in total. The van der Waals surface area contributed by atoms with Crippen molar-refractivity contribution in [3.8, 4) is 22.7 Å². The molecule has 2 aliphatic carbocycles. The lowest BCUT2D eigenvalue weighted by molar-refractivity contribution is -0.117. The maximum Gasteiger partial charge on any atom is 0.263 e. The van der Waals surface area contributed by atoms with Crippen LogP contribution < -0.4 is 15.2 Å². The maximum atomic E-state index is 14.9. The molecule has 226 valence electrons. The summed E-state index contributed by atoms with van der Waals surface area (Å²) in [5.41, 5.74) is 5.81. The number of ether oxygens (including phenoxy) is 1. The van der Waals surface area contributed by atoms with Gasteiger partial charge in [0.05, 0.1) is 29.3 Å². The van der Waals surface area contributed by atoms with E-state index in [2.05, 4.69) is 18.2 Å². The number of para-hydroxylation sites is 2. The number of benzene rings is 4. The molecule has 45 heavy (non-hydrogen) atoms. The molecule has 0 N–H and O–H groups in total. The van der Waals surface area contributed by atoms with Gasteiger partial charge in [0, 0.05) is 22.4 Å². The van der Waals surface area contributed by atoms with E-state index in [1.165, 1.54) is 17.3 Å². The molecule has 1 atom stereocenters. The van der Waals surface area contributed by atoms with Crippen molar-refractivity contribution in [2.75, 3.05) is 12.0 Å². The van der Waals surface area contributed by atoms with Crippen LogP contribution in [0, 0.1) is 0 Å². The number of aromatic nitrogens is 2. The Labute approximate surface area is 267 Å². The van der Waals surface area contributed by atoms with Crippen molar-refractivity contribution >= 4 is 29.0 Å². The first-order valence-electron chi connectivity index (χ1n) is 15.5. The van der Waals surface area contributed by atoms with Gasteiger partial charge in [-0.1, -0.05) is 85.3 Å². The molecule has 1 fully saturated rings. The van der Waals surface area contributed by atoms with Crippen molar-refractivity contribution in [2.24, 2.45) is 0 Å². The molecule has 2 aliphatic rings. The van der Waals surface area contributed by atoms with E-state index in [0.717, 1.165) is 60.3 Å². The fourth-order valence-corrected chi connectivity index (χ4v) is 7.96. The van der Waals surface area contributed by atoms with Gasteiger partial charge in [-0.15, -0.1) is 0 Å². The fourth-order valence-electron chi connectivity index (χ4n) is 7.00. The molecular formula is C38H35N3O3S. The van der Waals surface area contributed by atoms with Gasteiger partial charge in [-0.25, -0.2) is 4.98 Å². The van der Waals surface area contributed by atoms with E-state index >= 15 is 0 Å². The lowest BCUT2D eigenvalue weighted by Crippen LogP contribution is -2.40. The van der Waals surface area contributed by atoms with Crippen molar-refractivity contribution < 1.29 is 9.53 Å². The number of anilines is 2. The molecule has 4 aromatic carbocycles. The summed E-state index contributed by atoms with van der Waals surface area (Å²) < 4.78 is 7.14. The zero-order chi connectivity index (χ0) is 31.0. The number of hydrogen-bond acceptors (Lipinski definition) is 5. The minimum absolute atomic E-state index is 0.0494. The second kappa shape index (κ2) is 12.1. The minimum atomic E-state index is -0.556. The van der Waals surface area contributed by atoms with Gasteiger partial charge in [-0.2, -0.15) is 0 Å². The van der Waals surface area contributed by atoms with Crippen LogP contribution in [0.3, 0.4) is 0 Å². The highest BCUT2D eigenvalue weighted by atomic mass is 32.2. The molecule has 0 radical (unpaired) electrons. The molecule has 1 heterocycles. The third kappa shape index (κ3) is 5.25. The van der Waals surface area contributed by atoms with Gasteiger partial charge in [0.25, 0.3) is 5.56 Å². The van der Waals surface area contributed by atoms with Crippen LogP contribution in [0.2, 0.25) is 0 Å². The first-order chi connectivity index (χ1) is 22.0. The third-order valence-corrected chi connectivity index (χ3v) is 10.2. The molecule has 0 aliphatic heterocycles. The zero-order valence-electron chi connectivity index (χ0n) is 25.5.